The van der Waals surface area contributed by atoms with E-state index in [-0.39, 0.29) is 16.2 Å². The van der Waals surface area contributed by atoms with Gasteiger partial charge in [0.15, 0.2) is 0 Å². The van der Waals surface area contributed by atoms with E-state index in [1.165, 1.54) is 66.4 Å². The summed E-state index contributed by atoms with van der Waals surface area (Å²) < 4.78 is 6.34. The molecule has 2 nitrogen and oxygen atoms in total. The summed E-state index contributed by atoms with van der Waals surface area (Å²) in [5.74, 6) is 0. The molecule has 2 heteroatoms. The number of nitrogens with zero attached hydrogens (tertiary/aromatic N) is 1. The smallest absolute Gasteiger partial charge is 0.135 e. The van der Waals surface area contributed by atoms with E-state index in [4.69, 9.17) is 4.42 Å². The molecule has 11 rings (SSSR count). The van der Waals surface area contributed by atoms with Crippen LogP contribution in [0.5, 0.6) is 0 Å². The van der Waals surface area contributed by atoms with Crippen LogP contribution in [-0.2, 0) is 16.2 Å². The number of hydrogen-bond donors (Lipinski definition) is 0. The van der Waals surface area contributed by atoms with Crippen molar-refractivity contribution in [3.05, 3.63) is 210 Å². The Bertz CT molecular complexity index is 3460. The Kier molecular flexibility index (Phi) is 9.35. The van der Waals surface area contributed by atoms with E-state index in [1.54, 1.807) is 0 Å². The van der Waals surface area contributed by atoms with Gasteiger partial charge in [-0.2, -0.15) is 0 Å². The predicted octanol–water partition coefficient (Wildman–Crippen LogP) is 18.1. The second-order valence-electron chi connectivity index (χ2n) is 20.6. The van der Waals surface area contributed by atoms with Gasteiger partial charge >= 0.3 is 0 Å². The first-order valence-electron chi connectivity index (χ1n) is 23.1. The van der Waals surface area contributed by atoms with Gasteiger partial charge in [-0.05, 0) is 108 Å². The van der Waals surface area contributed by atoms with Crippen LogP contribution in [0.15, 0.2) is 192 Å². The second kappa shape index (κ2) is 15.0. The normalized spacial score (nSPS) is 13.4. The average Bonchev–Trinajstić information content (AvgIpc) is 3.80. The lowest BCUT2D eigenvalue weighted by atomic mass is 9.78. The Hall–Kier alpha value is -7.16. The fraction of sp³-hybridized carbons (Fsp3) is 0.175. The number of anilines is 3. The predicted molar refractivity (Wildman–Crippen MR) is 277 cm³/mol. The van der Waals surface area contributed by atoms with E-state index in [0.717, 1.165) is 50.1 Å². The Morgan fingerprint density at radius 1 is 0.400 bits per heavy atom. The second-order valence-corrected chi connectivity index (χ2v) is 20.6. The summed E-state index contributed by atoms with van der Waals surface area (Å²) in [6, 6.07) is 69.9. The molecule has 0 aliphatic heterocycles. The largest absolute Gasteiger partial charge is 0.456 e. The number of para-hydroxylation sites is 3. The Morgan fingerprint density at radius 3 is 1.66 bits per heavy atom. The minimum absolute atomic E-state index is 0.0116. The summed E-state index contributed by atoms with van der Waals surface area (Å²) >= 11 is 0. The first-order valence-corrected chi connectivity index (χ1v) is 23.1. The van der Waals surface area contributed by atoms with Gasteiger partial charge in [-0.3, -0.25) is 0 Å². The molecule has 318 valence electrons. The number of benzene rings is 9. The van der Waals surface area contributed by atoms with E-state index in [2.05, 4.69) is 242 Å². The molecule has 0 atom stereocenters. The number of hydrogen-bond acceptors (Lipinski definition) is 2. The number of fused-ring (bicyclic) bond motifs is 7. The van der Waals surface area contributed by atoms with Crippen molar-refractivity contribution < 1.29 is 4.42 Å². The molecule has 0 unspecified atom stereocenters. The zero-order valence-corrected chi connectivity index (χ0v) is 38.8. The maximum Gasteiger partial charge on any atom is 0.135 e. The van der Waals surface area contributed by atoms with Crippen molar-refractivity contribution in [1.82, 2.24) is 0 Å². The SMILES string of the molecule is CC(C)(C)c1cc(-c2cccc3cccc(-c4ccccc4N(c4ccccc4-c4ccc5oc6ccccc6c5c4)c4cccc5c4-c4ccccc4C5(C)C)c23)cc(C(C)(C)C)c1. The number of rotatable bonds is 6. The monoisotopic (exact) mass is 841 g/mol. The van der Waals surface area contributed by atoms with Gasteiger partial charge in [0, 0.05) is 32.9 Å². The maximum atomic E-state index is 6.34. The molecule has 1 heterocycles. The molecule has 0 saturated heterocycles. The fourth-order valence-electron chi connectivity index (χ4n) is 10.5. The van der Waals surface area contributed by atoms with Gasteiger partial charge in [0.2, 0.25) is 0 Å². The highest BCUT2D eigenvalue weighted by molar-refractivity contribution is 6.11. The van der Waals surface area contributed by atoms with Crippen molar-refractivity contribution in [3.8, 4) is 44.5 Å². The molecule has 1 aromatic heterocycles. The third-order valence-electron chi connectivity index (χ3n) is 14.0. The minimum atomic E-state index is -0.169. The molecule has 0 radical (unpaired) electrons. The average molecular weight is 842 g/mol. The lowest BCUT2D eigenvalue weighted by Crippen LogP contribution is -2.16. The molecule has 10 aromatic rings. The third kappa shape index (κ3) is 6.69. The van der Waals surface area contributed by atoms with E-state index in [1.807, 2.05) is 6.07 Å². The molecule has 0 bridgehead atoms. The van der Waals surface area contributed by atoms with Gasteiger partial charge in [-0.1, -0.05) is 207 Å². The highest BCUT2D eigenvalue weighted by atomic mass is 16.3. The van der Waals surface area contributed by atoms with Crippen molar-refractivity contribution in [2.45, 2.75) is 71.6 Å². The summed E-state index contributed by atoms with van der Waals surface area (Å²) in [7, 11) is 0. The van der Waals surface area contributed by atoms with Gasteiger partial charge in [0.05, 0.1) is 17.1 Å². The molecule has 9 aromatic carbocycles. The highest BCUT2D eigenvalue weighted by Gasteiger charge is 2.38. The Morgan fingerprint density at radius 2 is 0.938 bits per heavy atom. The molecule has 0 fully saturated rings. The van der Waals surface area contributed by atoms with Gasteiger partial charge < -0.3 is 9.32 Å². The number of furan rings is 1. The minimum Gasteiger partial charge on any atom is -0.456 e. The molecule has 1 aliphatic rings. The molecule has 65 heavy (non-hydrogen) atoms. The third-order valence-corrected chi connectivity index (χ3v) is 14.0. The van der Waals surface area contributed by atoms with E-state index >= 15 is 0 Å². The maximum absolute atomic E-state index is 6.34. The summed E-state index contributed by atoms with van der Waals surface area (Å²) in [5.41, 5.74) is 20.1. The Balaban J connectivity index is 1.20. The topological polar surface area (TPSA) is 16.4 Å². The summed E-state index contributed by atoms with van der Waals surface area (Å²) in [6.07, 6.45) is 0. The molecule has 0 N–H and O–H groups in total. The van der Waals surface area contributed by atoms with Crippen LogP contribution in [0, 0.1) is 0 Å². The van der Waals surface area contributed by atoms with Crippen LogP contribution in [0.2, 0.25) is 0 Å². The lowest BCUT2D eigenvalue weighted by Gasteiger charge is -2.32. The van der Waals surface area contributed by atoms with E-state index < -0.39 is 0 Å². The highest BCUT2D eigenvalue weighted by Crippen LogP contribution is 2.56. The lowest BCUT2D eigenvalue weighted by molar-refractivity contribution is 0.569. The molecule has 0 saturated carbocycles. The molecule has 0 amide bonds. The standard InChI is InChI=1S/C63H55NO/c1-61(2,3)43-36-42(37-44(39-43)62(4,5)6)46-26-17-20-40-21-18-27-49(59(40)46)47-23-11-15-31-55(47)64(56-32-19-29-53-60(56)50-25-9-13-28-52(50)63(53,7)8)54-30-14-10-22-45(54)41-34-35-58-51(38-41)48-24-12-16-33-57(48)65-58/h9-39H,1-8H3. The van der Waals surface area contributed by atoms with Gasteiger partial charge in [-0.25, -0.2) is 0 Å². The van der Waals surface area contributed by atoms with Crippen molar-refractivity contribution in [3.63, 3.8) is 0 Å². The molecule has 1 aliphatic carbocycles. The fourth-order valence-corrected chi connectivity index (χ4v) is 10.5. The van der Waals surface area contributed by atoms with Crippen molar-refractivity contribution in [1.29, 1.82) is 0 Å². The van der Waals surface area contributed by atoms with Gasteiger partial charge in [0.1, 0.15) is 11.2 Å². The first-order chi connectivity index (χ1) is 31.3. The van der Waals surface area contributed by atoms with Crippen LogP contribution in [0.4, 0.5) is 17.1 Å². The van der Waals surface area contributed by atoms with Crippen molar-refractivity contribution >= 4 is 49.8 Å². The van der Waals surface area contributed by atoms with Crippen LogP contribution in [-0.4, -0.2) is 0 Å². The molecular weight excluding hydrogens is 787 g/mol. The van der Waals surface area contributed by atoms with Crippen LogP contribution < -0.4 is 4.90 Å². The Labute approximate surface area is 383 Å². The summed E-state index contributed by atoms with van der Waals surface area (Å²) in [4.78, 5) is 2.55. The summed E-state index contributed by atoms with van der Waals surface area (Å²) in [5, 5.41) is 4.71. The van der Waals surface area contributed by atoms with Gasteiger partial charge in [-0.15, -0.1) is 0 Å². The van der Waals surface area contributed by atoms with Crippen molar-refractivity contribution in [2.75, 3.05) is 4.90 Å². The summed E-state index contributed by atoms with van der Waals surface area (Å²) in [6.45, 7) is 18.7. The van der Waals surface area contributed by atoms with Gasteiger partial charge in [0.25, 0.3) is 0 Å². The van der Waals surface area contributed by atoms with Crippen LogP contribution >= 0.6 is 0 Å². The van der Waals surface area contributed by atoms with Crippen LogP contribution in [0.25, 0.3) is 77.2 Å². The first kappa shape index (κ1) is 40.6. The molecule has 0 spiro atoms. The van der Waals surface area contributed by atoms with E-state index in [0.29, 0.717) is 0 Å². The quantitative estimate of drug-likeness (QED) is 0.166. The zero-order valence-electron chi connectivity index (χ0n) is 38.8. The van der Waals surface area contributed by atoms with E-state index in [9.17, 15) is 0 Å². The zero-order chi connectivity index (χ0) is 44.8. The van der Waals surface area contributed by atoms with Crippen molar-refractivity contribution in [2.24, 2.45) is 0 Å². The van der Waals surface area contributed by atoms with Crippen LogP contribution in [0.3, 0.4) is 0 Å². The van der Waals surface area contributed by atoms with Crippen LogP contribution in [0.1, 0.15) is 77.6 Å². The molecular formula is C63H55NO.